The number of nitrogens with two attached hydrogens (primary N) is 1. The van der Waals surface area contributed by atoms with Crippen LogP contribution in [0.2, 0.25) is 0 Å². The van der Waals surface area contributed by atoms with Gasteiger partial charge in [0.2, 0.25) is 0 Å². The molecule has 1 aliphatic carbocycles. The van der Waals surface area contributed by atoms with E-state index in [4.69, 9.17) is 5.73 Å². The zero-order valence-corrected chi connectivity index (χ0v) is 26.1. The van der Waals surface area contributed by atoms with Crippen LogP contribution in [0.25, 0.3) is 0 Å². The Hall–Kier alpha value is -1.50. The van der Waals surface area contributed by atoms with Crippen LogP contribution in [-0.2, 0) is 0 Å². The van der Waals surface area contributed by atoms with Gasteiger partial charge in [0.05, 0.1) is 18.8 Å². The highest BCUT2D eigenvalue weighted by molar-refractivity contribution is 5.80. The highest BCUT2D eigenvalue weighted by atomic mass is 15.5. The quantitative estimate of drug-likeness (QED) is 0.283. The average molecular weight is 544 g/mol. The van der Waals surface area contributed by atoms with Gasteiger partial charge in [-0.15, -0.1) is 0 Å². The summed E-state index contributed by atoms with van der Waals surface area (Å²) in [6.45, 7) is 16.6. The normalized spacial score (nSPS) is 28.0. The fourth-order valence-electron chi connectivity index (χ4n) is 7.95. The van der Waals surface area contributed by atoms with Crippen LogP contribution in [-0.4, -0.2) is 88.5 Å². The van der Waals surface area contributed by atoms with Crippen LogP contribution in [0.1, 0.15) is 118 Å². The van der Waals surface area contributed by atoms with Crippen LogP contribution < -0.4 is 5.73 Å². The van der Waals surface area contributed by atoms with Gasteiger partial charge in [-0.1, -0.05) is 73.1 Å². The van der Waals surface area contributed by atoms with Crippen molar-refractivity contribution in [3.8, 4) is 0 Å². The molecule has 0 bridgehead atoms. The molecule has 39 heavy (non-hydrogen) atoms. The lowest BCUT2D eigenvalue weighted by Gasteiger charge is -2.43. The Morgan fingerprint density at radius 1 is 0.923 bits per heavy atom. The van der Waals surface area contributed by atoms with Gasteiger partial charge in [-0.25, -0.2) is 0 Å². The smallest absolute Gasteiger partial charge is 0.195 e. The summed E-state index contributed by atoms with van der Waals surface area (Å²) in [5, 5.41) is 9.48. The van der Waals surface area contributed by atoms with Crippen LogP contribution in [0.3, 0.4) is 0 Å². The SMILES string of the molecule is CCC[C@@H]1CN([C@H](CC2CCCCC2)N2CCC[C@H]2CN2C(N)=NC[C@H]2CC(C)C)C(=N)N1CCCC(C)C. The first-order valence-electron chi connectivity index (χ1n) is 16.7. The molecule has 4 atom stereocenters. The van der Waals surface area contributed by atoms with Gasteiger partial charge >= 0.3 is 0 Å². The van der Waals surface area contributed by atoms with Gasteiger partial charge in [0, 0.05) is 38.3 Å². The summed E-state index contributed by atoms with van der Waals surface area (Å²) < 4.78 is 0. The molecule has 3 N–H and O–H groups in total. The average Bonchev–Trinajstić information content (AvgIpc) is 3.58. The molecule has 0 aromatic carbocycles. The topological polar surface area (TPSA) is 75.2 Å². The highest BCUT2D eigenvalue weighted by Gasteiger charge is 2.44. The first-order chi connectivity index (χ1) is 18.8. The molecule has 3 aliphatic heterocycles. The van der Waals surface area contributed by atoms with Crippen LogP contribution >= 0.6 is 0 Å². The Balaban J connectivity index is 1.53. The largest absolute Gasteiger partial charge is 0.370 e. The molecule has 0 spiro atoms. The molecule has 4 rings (SSSR count). The van der Waals surface area contributed by atoms with Crippen LogP contribution in [0.4, 0.5) is 0 Å². The lowest BCUT2D eigenvalue weighted by Crippen LogP contribution is -2.56. The maximum Gasteiger partial charge on any atom is 0.195 e. The lowest BCUT2D eigenvalue weighted by molar-refractivity contribution is 0.0465. The zero-order chi connectivity index (χ0) is 27.9. The number of nitrogens with one attached hydrogen (secondary N) is 1. The minimum absolute atomic E-state index is 0.340. The van der Waals surface area contributed by atoms with Crippen LogP contribution in [0, 0.1) is 23.2 Å². The number of hydrogen-bond donors (Lipinski definition) is 2. The van der Waals surface area contributed by atoms with Crippen molar-refractivity contribution in [3.63, 3.8) is 0 Å². The Labute approximate surface area is 240 Å². The molecule has 3 fully saturated rings. The molecule has 0 aromatic rings. The fourth-order valence-corrected chi connectivity index (χ4v) is 7.95. The van der Waals surface area contributed by atoms with E-state index in [0.29, 0.717) is 30.2 Å². The Morgan fingerprint density at radius 3 is 2.38 bits per heavy atom. The molecule has 224 valence electrons. The van der Waals surface area contributed by atoms with E-state index in [1.807, 2.05) is 0 Å². The summed E-state index contributed by atoms with van der Waals surface area (Å²) in [7, 11) is 0. The molecule has 0 amide bonds. The standard InChI is InChI=1S/C32H61N7/c1-6-12-27-23-39(32(34)37(27)18-10-13-24(2)3)30(20-26-14-8-7-9-15-26)36-17-11-16-28(36)22-38-29(19-25(4)5)21-35-31(38)33/h24-30,34H,6-23H2,1-5H3,(H2,33,35)/t27-,28+,29-,30-/m1/s1. The summed E-state index contributed by atoms with van der Waals surface area (Å²) in [5.74, 6) is 3.74. The molecule has 0 radical (unpaired) electrons. The molecule has 1 saturated carbocycles. The second-order valence-corrected chi connectivity index (χ2v) is 14.0. The molecule has 2 saturated heterocycles. The summed E-state index contributed by atoms with van der Waals surface area (Å²) in [6, 6.07) is 1.42. The van der Waals surface area contributed by atoms with Gasteiger partial charge in [0.25, 0.3) is 0 Å². The van der Waals surface area contributed by atoms with Crippen LogP contribution in [0.5, 0.6) is 0 Å². The Kier molecular flexibility index (Phi) is 11.3. The molecule has 3 heterocycles. The summed E-state index contributed by atoms with van der Waals surface area (Å²) in [4.78, 5) is 15.0. The maximum atomic E-state index is 9.48. The number of hydrogen-bond acceptors (Lipinski definition) is 5. The second kappa shape index (κ2) is 14.4. The fraction of sp³-hybridized carbons (Fsp3) is 0.938. The van der Waals surface area contributed by atoms with E-state index < -0.39 is 0 Å². The van der Waals surface area contributed by atoms with E-state index in [9.17, 15) is 5.41 Å². The Morgan fingerprint density at radius 2 is 1.69 bits per heavy atom. The van der Waals surface area contributed by atoms with Crippen molar-refractivity contribution in [1.29, 1.82) is 5.41 Å². The van der Waals surface area contributed by atoms with E-state index in [1.165, 1.54) is 77.0 Å². The van der Waals surface area contributed by atoms with Crippen molar-refractivity contribution in [1.82, 2.24) is 19.6 Å². The van der Waals surface area contributed by atoms with Crippen molar-refractivity contribution in [2.75, 3.05) is 32.7 Å². The number of nitrogens with zero attached hydrogens (tertiary/aromatic N) is 5. The second-order valence-electron chi connectivity index (χ2n) is 14.0. The van der Waals surface area contributed by atoms with Crippen molar-refractivity contribution in [2.24, 2.45) is 28.5 Å². The minimum Gasteiger partial charge on any atom is -0.370 e. The van der Waals surface area contributed by atoms with Gasteiger partial charge in [-0.3, -0.25) is 15.3 Å². The summed E-state index contributed by atoms with van der Waals surface area (Å²) in [6.07, 6.45) is 16.9. The van der Waals surface area contributed by atoms with E-state index in [-0.39, 0.29) is 0 Å². The zero-order valence-electron chi connectivity index (χ0n) is 26.1. The van der Waals surface area contributed by atoms with E-state index in [2.05, 4.69) is 59.2 Å². The molecule has 7 nitrogen and oxygen atoms in total. The highest BCUT2D eigenvalue weighted by Crippen LogP contribution is 2.35. The van der Waals surface area contributed by atoms with Gasteiger partial charge in [0.1, 0.15) is 0 Å². The van der Waals surface area contributed by atoms with E-state index in [1.54, 1.807) is 0 Å². The third-order valence-electron chi connectivity index (χ3n) is 9.98. The number of guanidine groups is 2. The molecule has 4 aliphatic rings. The van der Waals surface area contributed by atoms with Crippen molar-refractivity contribution in [2.45, 2.75) is 142 Å². The molecule has 0 aromatic heterocycles. The van der Waals surface area contributed by atoms with Crippen molar-refractivity contribution >= 4 is 11.9 Å². The number of likely N-dealkylation sites (tertiary alicyclic amines) is 1. The van der Waals surface area contributed by atoms with Crippen molar-refractivity contribution in [3.05, 3.63) is 0 Å². The molecular weight excluding hydrogens is 482 g/mol. The Bertz CT molecular complexity index is 789. The maximum absolute atomic E-state index is 9.48. The third kappa shape index (κ3) is 7.83. The first kappa shape index (κ1) is 30.5. The minimum atomic E-state index is 0.340. The van der Waals surface area contributed by atoms with Gasteiger partial charge in [0.15, 0.2) is 11.9 Å². The van der Waals surface area contributed by atoms with Gasteiger partial charge in [-0.2, -0.15) is 0 Å². The van der Waals surface area contributed by atoms with E-state index >= 15 is 0 Å². The molecule has 7 heteroatoms. The van der Waals surface area contributed by atoms with Gasteiger partial charge in [-0.05, 0) is 62.7 Å². The predicted molar refractivity (Wildman–Crippen MR) is 165 cm³/mol. The predicted octanol–water partition coefficient (Wildman–Crippen LogP) is 5.95. The molecule has 0 unspecified atom stereocenters. The van der Waals surface area contributed by atoms with Crippen molar-refractivity contribution < 1.29 is 0 Å². The summed E-state index contributed by atoms with van der Waals surface area (Å²) in [5.41, 5.74) is 6.48. The first-order valence-corrected chi connectivity index (χ1v) is 16.7. The summed E-state index contributed by atoms with van der Waals surface area (Å²) >= 11 is 0. The monoisotopic (exact) mass is 543 g/mol. The van der Waals surface area contributed by atoms with Crippen LogP contribution in [0.15, 0.2) is 4.99 Å². The third-order valence-corrected chi connectivity index (χ3v) is 9.98. The molecular formula is C32H61N7. The van der Waals surface area contributed by atoms with E-state index in [0.717, 1.165) is 62.9 Å². The number of rotatable bonds is 14. The number of aliphatic imine (C=N–C) groups is 1. The van der Waals surface area contributed by atoms with Gasteiger partial charge < -0.3 is 20.4 Å². The lowest BCUT2D eigenvalue weighted by atomic mass is 9.85.